The second-order valence-electron chi connectivity index (χ2n) is 7.32. The van der Waals surface area contributed by atoms with Gasteiger partial charge in [0.05, 0.1) is 26.9 Å². The molecule has 1 N–H and O–H groups in total. The fourth-order valence-electron chi connectivity index (χ4n) is 3.27. The molecule has 5 nitrogen and oxygen atoms in total. The van der Waals surface area contributed by atoms with Crippen molar-refractivity contribution in [1.29, 1.82) is 0 Å². The summed E-state index contributed by atoms with van der Waals surface area (Å²) in [5.74, 6) is 1.10. The highest BCUT2D eigenvalue weighted by Crippen LogP contribution is 2.38. The molecule has 1 amide bonds. The molecular weight excluding hydrogens is 459 g/mol. The molecule has 0 aliphatic carbocycles. The van der Waals surface area contributed by atoms with Crippen LogP contribution in [-0.2, 0) is 11.0 Å². The quantitative estimate of drug-likeness (QED) is 0.292. The number of ether oxygens (including phenoxy) is 3. The van der Waals surface area contributed by atoms with Crippen molar-refractivity contribution in [3.05, 3.63) is 89.0 Å². The van der Waals surface area contributed by atoms with Gasteiger partial charge < -0.3 is 19.5 Å². The summed E-state index contributed by atoms with van der Waals surface area (Å²) in [5.41, 5.74) is 1.84. The van der Waals surface area contributed by atoms with Crippen molar-refractivity contribution >= 4 is 29.8 Å². The van der Waals surface area contributed by atoms with E-state index < -0.39 is 17.6 Å². The van der Waals surface area contributed by atoms with Gasteiger partial charge in [0, 0.05) is 11.8 Å². The molecule has 0 aromatic heterocycles. The van der Waals surface area contributed by atoms with E-state index in [1.165, 1.54) is 45.6 Å². The van der Waals surface area contributed by atoms with Crippen molar-refractivity contribution in [3.8, 4) is 17.2 Å². The molecular formula is C27H24F3NO4. The summed E-state index contributed by atoms with van der Waals surface area (Å²) in [4.78, 5) is 12.4. The number of nitrogens with one attached hydrogen (secondary N) is 1. The van der Waals surface area contributed by atoms with Crippen molar-refractivity contribution in [2.24, 2.45) is 0 Å². The number of hydrogen-bond donors (Lipinski definition) is 1. The molecule has 8 heteroatoms. The highest BCUT2D eigenvalue weighted by molar-refractivity contribution is 6.03. The van der Waals surface area contributed by atoms with Gasteiger partial charge in [-0.3, -0.25) is 4.79 Å². The third-order valence-corrected chi connectivity index (χ3v) is 5.03. The van der Waals surface area contributed by atoms with Crippen LogP contribution in [0, 0.1) is 0 Å². The van der Waals surface area contributed by atoms with Crippen LogP contribution in [0.25, 0.3) is 18.2 Å². The first-order valence-electron chi connectivity index (χ1n) is 10.5. The monoisotopic (exact) mass is 483 g/mol. The third kappa shape index (κ3) is 6.66. The number of carbonyl (C=O) groups excluding carboxylic acids is 1. The molecule has 3 rings (SSSR count). The SMILES string of the molecule is COc1cc(/C=C/c2ccccc2NC(=O)/C=C/c2ccc(C(F)(F)F)cc2)cc(OC)c1OC. The molecule has 3 aromatic rings. The van der Waals surface area contributed by atoms with Gasteiger partial charge in [-0.2, -0.15) is 13.2 Å². The fourth-order valence-corrected chi connectivity index (χ4v) is 3.27. The summed E-state index contributed by atoms with van der Waals surface area (Å²) >= 11 is 0. The Hall–Kier alpha value is -4.20. The molecule has 0 atom stereocenters. The summed E-state index contributed by atoms with van der Waals surface area (Å²) in [6.07, 6.45) is 1.98. The van der Waals surface area contributed by atoms with Crippen molar-refractivity contribution in [2.45, 2.75) is 6.18 Å². The van der Waals surface area contributed by atoms with Gasteiger partial charge in [-0.1, -0.05) is 42.5 Å². The standard InChI is InChI=1S/C27H24F3NO4/c1-33-23-16-19(17-24(34-2)26(23)35-3)8-12-20-6-4-5-7-22(20)31-25(32)15-11-18-9-13-21(14-10-18)27(28,29)30/h4-17H,1-3H3,(H,31,32)/b12-8+,15-11+. The first-order valence-corrected chi connectivity index (χ1v) is 10.5. The Morgan fingerprint density at radius 1 is 0.800 bits per heavy atom. The maximum Gasteiger partial charge on any atom is 0.416 e. The Labute approximate surface area is 201 Å². The van der Waals surface area contributed by atoms with Gasteiger partial charge in [0.25, 0.3) is 0 Å². The molecule has 0 saturated heterocycles. The molecule has 0 bridgehead atoms. The van der Waals surface area contributed by atoms with Crippen LogP contribution < -0.4 is 19.5 Å². The number of rotatable bonds is 8. The maximum absolute atomic E-state index is 12.7. The number of carbonyl (C=O) groups is 1. The molecule has 0 radical (unpaired) electrons. The normalized spacial score (nSPS) is 11.6. The molecule has 0 saturated carbocycles. The smallest absolute Gasteiger partial charge is 0.416 e. The van der Waals surface area contributed by atoms with Gasteiger partial charge in [-0.25, -0.2) is 0 Å². The molecule has 35 heavy (non-hydrogen) atoms. The van der Waals surface area contributed by atoms with Crippen molar-refractivity contribution in [3.63, 3.8) is 0 Å². The molecule has 0 heterocycles. The van der Waals surface area contributed by atoms with Gasteiger partial charge >= 0.3 is 6.18 Å². The Balaban J connectivity index is 1.75. The maximum atomic E-state index is 12.7. The second kappa shape index (κ2) is 11.3. The fraction of sp³-hybridized carbons (Fsp3) is 0.148. The van der Waals surface area contributed by atoms with E-state index in [-0.39, 0.29) is 0 Å². The first kappa shape index (κ1) is 25.4. The lowest BCUT2D eigenvalue weighted by atomic mass is 10.1. The van der Waals surface area contributed by atoms with Crippen molar-refractivity contribution in [2.75, 3.05) is 26.6 Å². The van der Waals surface area contributed by atoms with Gasteiger partial charge in [-0.05, 0) is 53.1 Å². The van der Waals surface area contributed by atoms with Crippen LogP contribution >= 0.6 is 0 Å². The van der Waals surface area contributed by atoms with Gasteiger partial charge in [0.15, 0.2) is 11.5 Å². The lowest BCUT2D eigenvalue weighted by Crippen LogP contribution is -2.08. The minimum Gasteiger partial charge on any atom is -0.493 e. The van der Waals surface area contributed by atoms with E-state index >= 15 is 0 Å². The van der Waals surface area contributed by atoms with E-state index in [4.69, 9.17) is 14.2 Å². The van der Waals surface area contributed by atoms with Crippen LogP contribution in [-0.4, -0.2) is 27.2 Å². The van der Waals surface area contributed by atoms with Crippen LogP contribution in [0.4, 0.5) is 18.9 Å². The summed E-state index contributed by atoms with van der Waals surface area (Å²) in [5, 5.41) is 2.79. The molecule has 0 unspecified atom stereocenters. The number of benzene rings is 3. The topological polar surface area (TPSA) is 56.8 Å². The van der Waals surface area contributed by atoms with Gasteiger partial charge in [0.1, 0.15) is 0 Å². The first-order chi connectivity index (χ1) is 16.7. The van der Waals surface area contributed by atoms with E-state index in [2.05, 4.69) is 5.32 Å². The van der Waals surface area contributed by atoms with E-state index in [0.29, 0.717) is 28.5 Å². The zero-order valence-corrected chi connectivity index (χ0v) is 19.3. The van der Waals surface area contributed by atoms with Crippen LogP contribution in [0.5, 0.6) is 17.2 Å². The molecule has 0 aliphatic rings. The minimum absolute atomic E-state index is 0.418. The van der Waals surface area contributed by atoms with Gasteiger partial charge in [0.2, 0.25) is 11.7 Å². The van der Waals surface area contributed by atoms with Crippen LogP contribution in [0.1, 0.15) is 22.3 Å². The number of alkyl halides is 3. The Morgan fingerprint density at radius 3 is 2.00 bits per heavy atom. The highest BCUT2D eigenvalue weighted by atomic mass is 19.4. The average Bonchev–Trinajstić information content (AvgIpc) is 2.85. The molecule has 182 valence electrons. The number of methoxy groups -OCH3 is 3. The van der Waals surface area contributed by atoms with E-state index in [9.17, 15) is 18.0 Å². The number of hydrogen-bond acceptors (Lipinski definition) is 4. The van der Waals surface area contributed by atoms with Crippen LogP contribution in [0.2, 0.25) is 0 Å². The average molecular weight is 483 g/mol. The van der Waals surface area contributed by atoms with Crippen molar-refractivity contribution < 1.29 is 32.2 Å². The number of para-hydroxylation sites is 1. The van der Waals surface area contributed by atoms with Crippen LogP contribution in [0.3, 0.4) is 0 Å². The second-order valence-corrected chi connectivity index (χ2v) is 7.32. The molecule has 0 aliphatic heterocycles. The van der Waals surface area contributed by atoms with E-state index in [1.807, 2.05) is 24.3 Å². The molecule has 0 fully saturated rings. The largest absolute Gasteiger partial charge is 0.493 e. The Kier molecular flexibility index (Phi) is 8.20. The minimum atomic E-state index is -4.40. The third-order valence-electron chi connectivity index (χ3n) is 5.03. The lowest BCUT2D eigenvalue weighted by molar-refractivity contribution is -0.137. The Bertz CT molecular complexity index is 1210. The summed E-state index contributed by atoms with van der Waals surface area (Å²) in [6.45, 7) is 0. The lowest BCUT2D eigenvalue weighted by Gasteiger charge is -2.13. The van der Waals surface area contributed by atoms with Crippen LogP contribution in [0.15, 0.2) is 66.7 Å². The summed E-state index contributed by atoms with van der Waals surface area (Å²) in [6, 6.07) is 15.4. The zero-order valence-electron chi connectivity index (χ0n) is 19.3. The number of halogens is 3. The summed E-state index contributed by atoms with van der Waals surface area (Å²) in [7, 11) is 4.60. The zero-order chi connectivity index (χ0) is 25.4. The predicted octanol–water partition coefficient (Wildman–Crippen LogP) is 6.55. The molecule has 0 spiro atoms. The Morgan fingerprint density at radius 2 is 1.43 bits per heavy atom. The van der Waals surface area contributed by atoms with E-state index in [1.54, 1.807) is 24.3 Å². The predicted molar refractivity (Wildman–Crippen MR) is 131 cm³/mol. The van der Waals surface area contributed by atoms with E-state index in [0.717, 1.165) is 23.3 Å². The molecule has 3 aromatic carbocycles. The highest BCUT2D eigenvalue weighted by Gasteiger charge is 2.29. The van der Waals surface area contributed by atoms with Gasteiger partial charge in [-0.15, -0.1) is 0 Å². The summed E-state index contributed by atoms with van der Waals surface area (Å²) < 4.78 is 54.2. The number of amides is 1. The number of anilines is 1. The van der Waals surface area contributed by atoms with Crippen molar-refractivity contribution in [1.82, 2.24) is 0 Å².